The van der Waals surface area contributed by atoms with E-state index in [4.69, 9.17) is 10.9 Å². The summed E-state index contributed by atoms with van der Waals surface area (Å²) < 4.78 is 0. The maximum atomic E-state index is 7.57. The second kappa shape index (κ2) is 10.2. The van der Waals surface area contributed by atoms with E-state index in [-0.39, 0.29) is 19.0 Å². The van der Waals surface area contributed by atoms with Crippen molar-refractivity contribution in [3.63, 3.8) is 0 Å². The first-order valence-electron chi connectivity index (χ1n) is 3.47. The molecule has 0 amide bonds. The molecule has 3 nitrogen and oxygen atoms in total. The van der Waals surface area contributed by atoms with Crippen LogP contribution in [0.25, 0.3) is 0 Å². The number of aliphatic hydroxyl groups excluding tert-OH is 1. The molecule has 1 aromatic rings. The van der Waals surface area contributed by atoms with Crippen LogP contribution in [0.5, 0.6) is 0 Å². The molecule has 0 aliphatic heterocycles. The molecule has 0 saturated heterocycles. The first kappa shape index (κ1) is 13.8. The minimum Gasteiger partial charge on any atom is -0.397 e. The van der Waals surface area contributed by atoms with E-state index in [1.807, 2.05) is 30.3 Å². The lowest BCUT2D eigenvalue weighted by molar-refractivity contribution is 0.318. The van der Waals surface area contributed by atoms with Crippen LogP contribution in [0.1, 0.15) is 6.92 Å². The molecule has 0 aliphatic rings. The number of nitrogens with one attached hydrogen (secondary N) is 1. The molecule has 1 aromatic carbocycles. The van der Waals surface area contributed by atoms with E-state index in [1.165, 1.54) is 0 Å². The Balaban J connectivity index is 0. The fourth-order valence-electron chi connectivity index (χ4n) is 0.534. The zero-order valence-electron chi connectivity index (χ0n) is 7.03. The number of hydrogen-bond acceptors (Lipinski definition) is 3. The molecule has 0 saturated carbocycles. The third kappa shape index (κ3) is 7.34. The molecule has 0 aliphatic carbocycles. The van der Waals surface area contributed by atoms with Crippen molar-refractivity contribution in [2.75, 3.05) is 12.0 Å². The smallest absolute Gasteiger partial charge is 0.0485 e. The van der Waals surface area contributed by atoms with E-state index in [2.05, 4.69) is 5.43 Å². The van der Waals surface area contributed by atoms with Gasteiger partial charge in [0.2, 0.25) is 0 Å². The molecule has 0 radical (unpaired) electrons. The van der Waals surface area contributed by atoms with Crippen LogP contribution in [0.15, 0.2) is 30.3 Å². The van der Waals surface area contributed by atoms with Gasteiger partial charge in [-0.25, -0.2) is 0 Å². The van der Waals surface area contributed by atoms with Crippen molar-refractivity contribution in [1.29, 1.82) is 0 Å². The maximum absolute atomic E-state index is 7.57. The van der Waals surface area contributed by atoms with E-state index in [0.717, 1.165) is 5.69 Å². The first-order valence-corrected chi connectivity index (χ1v) is 3.47. The van der Waals surface area contributed by atoms with Gasteiger partial charge in [-0.3, -0.25) is 5.84 Å². The molecular formula is C8H15ClN2O. The van der Waals surface area contributed by atoms with Gasteiger partial charge in [-0.2, -0.15) is 0 Å². The normalized spacial score (nSPS) is 7.25. The third-order valence-electron chi connectivity index (χ3n) is 0.940. The van der Waals surface area contributed by atoms with Crippen molar-refractivity contribution in [1.82, 2.24) is 0 Å². The molecule has 4 N–H and O–H groups in total. The Morgan fingerprint density at radius 1 is 1.33 bits per heavy atom. The van der Waals surface area contributed by atoms with Crippen molar-refractivity contribution < 1.29 is 5.11 Å². The van der Waals surface area contributed by atoms with Crippen molar-refractivity contribution in [3.05, 3.63) is 30.3 Å². The summed E-state index contributed by atoms with van der Waals surface area (Å²) in [5.74, 6) is 5.10. The maximum Gasteiger partial charge on any atom is 0.0485 e. The molecule has 12 heavy (non-hydrogen) atoms. The molecule has 0 heterocycles. The number of rotatable bonds is 1. The quantitative estimate of drug-likeness (QED) is 0.464. The number of benzene rings is 1. The minimum absolute atomic E-state index is 0. The van der Waals surface area contributed by atoms with Gasteiger partial charge in [0, 0.05) is 12.3 Å². The van der Waals surface area contributed by atoms with Gasteiger partial charge in [-0.15, -0.1) is 12.4 Å². The Morgan fingerprint density at radius 2 is 1.75 bits per heavy atom. The molecule has 4 heteroatoms. The summed E-state index contributed by atoms with van der Waals surface area (Å²) in [6, 6.07) is 9.60. The largest absolute Gasteiger partial charge is 0.397 e. The van der Waals surface area contributed by atoms with E-state index in [1.54, 1.807) is 6.92 Å². The number of hydrogen-bond donors (Lipinski definition) is 3. The Kier molecular flexibility index (Phi) is 11.8. The standard InChI is InChI=1S/C6H8N2.C2H6O.ClH/c7-8-6-4-2-1-3-5-6;1-2-3;/h1-5,8H,7H2;3H,2H2,1H3;1H. The molecule has 0 spiro atoms. The Bertz CT molecular complexity index is 170. The summed E-state index contributed by atoms with van der Waals surface area (Å²) in [4.78, 5) is 0. The van der Waals surface area contributed by atoms with Crippen molar-refractivity contribution in [2.45, 2.75) is 6.92 Å². The second-order valence-corrected chi connectivity index (χ2v) is 1.83. The van der Waals surface area contributed by atoms with Gasteiger partial charge in [0.25, 0.3) is 0 Å². The van der Waals surface area contributed by atoms with Crippen LogP contribution < -0.4 is 11.3 Å². The molecule has 0 fully saturated rings. The van der Waals surface area contributed by atoms with Gasteiger partial charge >= 0.3 is 0 Å². The highest BCUT2D eigenvalue weighted by molar-refractivity contribution is 5.85. The Hall–Kier alpha value is -0.770. The highest BCUT2D eigenvalue weighted by Gasteiger charge is 1.78. The van der Waals surface area contributed by atoms with Crippen molar-refractivity contribution >= 4 is 18.1 Å². The van der Waals surface area contributed by atoms with Gasteiger partial charge in [0.1, 0.15) is 0 Å². The fourth-order valence-corrected chi connectivity index (χ4v) is 0.534. The topological polar surface area (TPSA) is 58.3 Å². The lowest BCUT2D eigenvalue weighted by Gasteiger charge is -1.94. The summed E-state index contributed by atoms with van der Waals surface area (Å²) in [6.45, 7) is 1.93. The average molecular weight is 191 g/mol. The number of anilines is 1. The summed E-state index contributed by atoms with van der Waals surface area (Å²) in [5.41, 5.74) is 3.46. The number of nitrogen functional groups attached to an aromatic ring is 1. The number of hydrazine groups is 1. The highest BCUT2D eigenvalue weighted by atomic mass is 35.5. The lowest BCUT2D eigenvalue weighted by Crippen LogP contribution is -2.05. The van der Waals surface area contributed by atoms with Crippen LogP contribution in [0, 0.1) is 0 Å². The van der Waals surface area contributed by atoms with Gasteiger partial charge in [0.15, 0.2) is 0 Å². The van der Waals surface area contributed by atoms with Gasteiger partial charge in [0.05, 0.1) is 0 Å². The number of aliphatic hydroxyl groups is 1. The van der Waals surface area contributed by atoms with Crippen LogP contribution in [0.3, 0.4) is 0 Å². The second-order valence-electron chi connectivity index (χ2n) is 1.83. The Morgan fingerprint density at radius 3 is 2.00 bits per heavy atom. The number of para-hydroxylation sites is 1. The third-order valence-corrected chi connectivity index (χ3v) is 0.940. The van der Waals surface area contributed by atoms with Crippen LogP contribution in [0.4, 0.5) is 5.69 Å². The predicted molar refractivity (Wildman–Crippen MR) is 54.3 cm³/mol. The van der Waals surface area contributed by atoms with E-state index in [9.17, 15) is 0 Å². The first-order chi connectivity index (χ1) is 5.35. The predicted octanol–water partition coefficient (Wildman–Crippen LogP) is 1.39. The van der Waals surface area contributed by atoms with Crippen LogP contribution in [-0.4, -0.2) is 11.7 Å². The van der Waals surface area contributed by atoms with E-state index < -0.39 is 0 Å². The zero-order valence-corrected chi connectivity index (χ0v) is 7.84. The molecule has 0 aromatic heterocycles. The van der Waals surface area contributed by atoms with Crippen LogP contribution in [0.2, 0.25) is 0 Å². The molecule has 0 unspecified atom stereocenters. The fraction of sp³-hybridized carbons (Fsp3) is 0.250. The number of halogens is 1. The van der Waals surface area contributed by atoms with Crippen LogP contribution >= 0.6 is 12.4 Å². The van der Waals surface area contributed by atoms with Gasteiger partial charge in [-0.1, -0.05) is 18.2 Å². The van der Waals surface area contributed by atoms with E-state index >= 15 is 0 Å². The molecular weight excluding hydrogens is 176 g/mol. The Labute approximate surface area is 79.0 Å². The lowest BCUT2D eigenvalue weighted by atomic mass is 10.3. The SMILES string of the molecule is CCO.Cl.NNc1ccccc1. The molecule has 0 atom stereocenters. The summed E-state index contributed by atoms with van der Waals surface area (Å²) in [5, 5.41) is 7.57. The van der Waals surface area contributed by atoms with Crippen molar-refractivity contribution in [3.8, 4) is 0 Å². The van der Waals surface area contributed by atoms with E-state index in [0.29, 0.717) is 0 Å². The molecule has 1 rings (SSSR count). The van der Waals surface area contributed by atoms with Crippen LogP contribution in [-0.2, 0) is 0 Å². The minimum atomic E-state index is 0. The average Bonchev–Trinajstić information content (AvgIpc) is 2.08. The zero-order chi connectivity index (χ0) is 8.53. The van der Waals surface area contributed by atoms with Gasteiger partial charge < -0.3 is 10.5 Å². The highest BCUT2D eigenvalue weighted by Crippen LogP contribution is 2.00. The van der Waals surface area contributed by atoms with Crippen molar-refractivity contribution in [2.24, 2.45) is 5.84 Å². The monoisotopic (exact) mass is 190 g/mol. The summed E-state index contributed by atoms with van der Waals surface area (Å²) in [6.07, 6.45) is 0. The summed E-state index contributed by atoms with van der Waals surface area (Å²) in [7, 11) is 0. The molecule has 0 bridgehead atoms. The number of nitrogens with two attached hydrogens (primary N) is 1. The summed E-state index contributed by atoms with van der Waals surface area (Å²) >= 11 is 0. The van der Waals surface area contributed by atoms with Gasteiger partial charge in [-0.05, 0) is 19.1 Å². The molecule has 70 valence electrons.